The highest BCUT2D eigenvalue weighted by Crippen LogP contribution is 2.25. The number of carbonyl (C=O) groups excluding carboxylic acids is 16. The van der Waals surface area contributed by atoms with Crippen molar-refractivity contribution in [2.75, 3.05) is 72.3 Å². The SMILES string of the molecule is CCCC[C@H](NC(=O)[C@H](CCCCN)NC(=O)[C@H](Cc1c[nH]cn1)NC(=O)[C@H](CCC(N)=O)NC(=O)[C@H](CO)NC(=O)CNC(=O)COCCOCCNC(=O)CCCCCCCCCCCCCCCc1nnn[nH]1)C(=O)N[C@H]1CCC(=O)NCCCC[C@@H](C(C)=O)NC(=O)[C@H](Cc2c[nH]c3ccccc23)NC(=O)[C@H](CCCNC(=N)N)NC(=O)[C@@H](Cc2ccccc2)NC(=O)[C@@H]2C[C@@H](O)CN2C1=O. The third-order valence-electron chi connectivity index (χ3n) is 24.1. The number of H-pyrrole nitrogens is 3. The number of carbonyl (C=O) groups is 16. The van der Waals surface area contributed by atoms with E-state index in [2.05, 4.69) is 110 Å². The number of tetrazole rings is 1. The zero-order valence-electron chi connectivity index (χ0n) is 80.4. The van der Waals surface area contributed by atoms with Crippen LogP contribution >= 0.6 is 0 Å². The van der Waals surface area contributed by atoms with Gasteiger partial charge in [-0.05, 0) is 125 Å². The number of aliphatic hydroxyl groups is 2. The fourth-order valence-corrected chi connectivity index (χ4v) is 16.3. The highest BCUT2D eigenvalue weighted by molar-refractivity contribution is 6.01. The van der Waals surface area contributed by atoms with E-state index < -0.39 is 213 Å². The molecule has 2 aliphatic heterocycles. The molecular formula is C94H146N26O20. The first-order valence-electron chi connectivity index (χ1n) is 49.0. The Labute approximate surface area is 814 Å². The number of nitrogens with two attached hydrogens (primary N) is 3. The number of primary amides is 1. The minimum Gasteiger partial charge on any atom is -0.394 e. The van der Waals surface area contributed by atoms with Gasteiger partial charge in [0.2, 0.25) is 88.6 Å². The molecule has 5 heterocycles. The van der Waals surface area contributed by atoms with Crippen LogP contribution in [0.4, 0.5) is 0 Å². The molecule has 0 radical (unpaired) electrons. The van der Waals surface area contributed by atoms with Crippen molar-refractivity contribution in [3.8, 4) is 0 Å². The monoisotopic (exact) mass is 1960 g/mol. The molecule has 0 spiro atoms. The molecule has 26 N–H and O–H groups in total. The standard InChI is InChI=1S/C94H146N26O20/c1-3-4-31-68(85(130)112-72-39-41-81(126)100-43-26-24-32-66(60(2)122)107-89(134)74(50-62-53-103-67-33-22-21-30-65(62)67)113-86(131)70(35-27-44-102-94(97)98)110-88(133)73(49-61-28-17-16-18-29-61)115-92(137)77-52-64(123)56-120(77)93(72)138)108-84(129)69(34-23-25-42-95)109-90(135)75(51-63-54-99-59-105-63)114-87(132)71(38-40-78(96)124)111-91(136)76(57-121)106-82(127)55-104-83(128)58-140-48-47-139-46-45-101-80(125)37-20-15-13-11-9-7-5-6-8-10-12-14-19-36-79-116-118-119-117-79/h16-18,21-22,28-30,33,53-54,59,64,66,68-77,103,121,123H,3-15,19-20,23-27,31-32,34-52,55-58,95H2,1-2H3,(H2,96,124)(H,99,105)(H,100,126)(H,101,125)(H,104,128)(H,106,127)(H,107,134)(H,108,129)(H,109,135)(H,110,133)(H,111,136)(H,112,130)(H,113,131)(H,114,132)(H,115,137)(H4,97,98,102)(H,116,117,118,119)/t64-,66+,68+,69+,70+,71+,72+,73-,74+,75+,76+,77+/m1/s1. The first-order chi connectivity index (χ1) is 67.5. The van der Waals surface area contributed by atoms with Gasteiger partial charge in [0.05, 0.1) is 57.1 Å². The Morgan fingerprint density at radius 2 is 1.22 bits per heavy atom. The number of Topliss-reactive ketones (excluding diaryl/α,β-unsaturated/α-hetero) is 1. The van der Waals surface area contributed by atoms with Crippen LogP contribution in [0.5, 0.6) is 0 Å². The molecule has 2 fully saturated rings. The Bertz CT molecular complexity index is 4720. The van der Waals surface area contributed by atoms with E-state index >= 15 is 19.2 Å². The lowest BCUT2D eigenvalue weighted by molar-refractivity contribution is -0.143. The van der Waals surface area contributed by atoms with Crippen molar-refractivity contribution in [3.63, 3.8) is 0 Å². The number of nitrogens with zero attached hydrogens (tertiary/aromatic N) is 5. The molecule has 3 aromatic heterocycles. The molecule has 0 aliphatic carbocycles. The van der Waals surface area contributed by atoms with Gasteiger partial charge in [-0.1, -0.05) is 139 Å². The number of fused-ring (bicyclic) bond motifs is 2. The van der Waals surface area contributed by atoms with Crippen molar-refractivity contribution < 1.29 is 96.4 Å². The molecule has 5 aromatic rings. The molecule has 46 heteroatoms. The summed E-state index contributed by atoms with van der Waals surface area (Å²) in [4.78, 5) is 238. The van der Waals surface area contributed by atoms with Crippen LogP contribution in [0.15, 0.2) is 73.3 Å². The average Bonchev–Trinajstić information content (AvgIpc) is 1.66. The van der Waals surface area contributed by atoms with Crippen molar-refractivity contribution >= 4 is 111 Å². The number of aromatic amines is 3. The number of nitrogens with one attached hydrogen (secondary N) is 18. The Balaban J connectivity index is 0.974. The van der Waals surface area contributed by atoms with E-state index in [4.69, 9.17) is 32.1 Å². The number of hydrogen-bond acceptors (Lipinski definition) is 26. The lowest BCUT2D eigenvalue weighted by Gasteiger charge is -2.31. The Morgan fingerprint density at radius 3 is 1.89 bits per heavy atom. The molecule has 2 aliphatic rings. The Hall–Kier alpha value is -13.0. The predicted molar refractivity (Wildman–Crippen MR) is 514 cm³/mol. The molecule has 15 amide bonds. The number of unbranched alkanes of at least 4 members (excludes halogenated alkanes) is 14. The highest BCUT2D eigenvalue weighted by Gasteiger charge is 2.44. The minimum atomic E-state index is -1.76. The number of ether oxygens (including phenoxy) is 2. The largest absolute Gasteiger partial charge is 0.394 e. The van der Waals surface area contributed by atoms with Crippen LogP contribution in [0.25, 0.3) is 10.9 Å². The van der Waals surface area contributed by atoms with Gasteiger partial charge < -0.3 is 126 Å². The molecule has 772 valence electrons. The summed E-state index contributed by atoms with van der Waals surface area (Å²) in [5, 5.41) is 81.3. The number of benzene rings is 2. The molecular weight excluding hydrogens is 1810 g/mol. The van der Waals surface area contributed by atoms with E-state index in [1.807, 2.05) is 18.2 Å². The first kappa shape index (κ1) is 114. The van der Waals surface area contributed by atoms with Crippen molar-refractivity contribution in [2.24, 2.45) is 17.2 Å². The second kappa shape index (κ2) is 64.3. The lowest BCUT2D eigenvalue weighted by atomic mass is 10.0. The van der Waals surface area contributed by atoms with Crippen LogP contribution in [-0.2, 0) is 112 Å². The van der Waals surface area contributed by atoms with Crippen molar-refractivity contribution in [1.82, 2.24) is 115 Å². The van der Waals surface area contributed by atoms with E-state index in [1.54, 1.807) is 49.5 Å². The van der Waals surface area contributed by atoms with Crippen LogP contribution < -0.4 is 91.6 Å². The lowest BCUT2D eigenvalue weighted by Crippen LogP contribution is -2.61. The summed E-state index contributed by atoms with van der Waals surface area (Å²) in [5.41, 5.74) is 19.2. The molecule has 0 bridgehead atoms. The van der Waals surface area contributed by atoms with Crippen molar-refractivity contribution in [1.29, 1.82) is 5.41 Å². The number of aliphatic hydroxyl groups excluding tert-OH is 2. The molecule has 7 rings (SSSR count). The van der Waals surface area contributed by atoms with Gasteiger partial charge in [-0.25, -0.2) is 10.1 Å². The maximum absolute atomic E-state index is 15.5. The van der Waals surface area contributed by atoms with Gasteiger partial charge in [0.1, 0.15) is 72.8 Å². The number of aryl methyl sites for hydroxylation is 1. The van der Waals surface area contributed by atoms with E-state index in [0.717, 1.165) is 60.2 Å². The summed E-state index contributed by atoms with van der Waals surface area (Å²) < 4.78 is 10.9. The summed E-state index contributed by atoms with van der Waals surface area (Å²) in [6, 6.07) is -0.975. The smallest absolute Gasteiger partial charge is 0.246 e. The van der Waals surface area contributed by atoms with Crippen LogP contribution in [0.2, 0.25) is 0 Å². The molecule has 2 saturated heterocycles. The Kier molecular flexibility index (Phi) is 52.4. The fraction of sp³-hybridized carbons (Fsp3) is 0.628. The summed E-state index contributed by atoms with van der Waals surface area (Å²) in [6.45, 7) is 1.18. The second-order valence-corrected chi connectivity index (χ2v) is 35.4. The number of rotatable bonds is 59. The van der Waals surface area contributed by atoms with Gasteiger partial charge in [0.25, 0.3) is 0 Å². The highest BCUT2D eigenvalue weighted by atomic mass is 16.5. The summed E-state index contributed by atoms with van der Waals surface area (Å²) in [6.07, 6.45) is 18.0. The molecule has 2 aromatic carbocycles. The number of aromatic nitrogens is 7. The number of para-hydroxylation sites is 1. The minimum absolute atomic E-state index is 0.00844. The predicted octanol–water partition coefficient (Wildman–Crippen LogP) is -1.28. The third kappa shape index (κ3) is 43.2. The zero-order valence-corrected chi connectivity index (χ0v) is 80.4. The van der Waals surface area contributed by atoms with Crippen LogP contribution in [0, 0.1) is 5.41 Å². The molecule has 140 heavy (non-hydrogen) atoms. The second-order valence-electron chi connectivity index (χ2n) is 35.4. The van der Waals surface area contributed by atoms with Gasteiger partial charge in [-0.3, -0.25) is 82.1 Å². The summed E-state index contributed by atoms with van der Waals surface area (Å²) in [5.74, 6) is -12.7. The molecule has 0 saturated carbocycles. The van der Waals surface area contributed by atoms with E-state index in [-0.39, 0.29) is 147 Å². The number of ketones is 1. The van der Waals surface area contributed by atoms with Crippen molar-refractivity contribution in [3.05, 3.63) is 96.0 Å². The van der Waals surface area contributed by atoms with Crippen molar-refractivity contribution in [2.45, 2.75) is 305 Å². The number of guanidine groups is 1. The summed E-state index contributed by atoms with van der Waals surface area (Å²) >= 11 is 0. The zero-order chi connectivity index (χ0) is 101. The Morgan fingerprint density at radius 1 is 0.600 bits per heavy atom. The number of imidazole rings is 1. The normalized spacial score (nSPS) is 18.6. The average molecular weight is 1960 g/mol. The maximum atomic E-state index is 15.5. The van der Waals surface area contributed by atoms with Crippen LogP contribution in [-0.4, -0.2) is 296 Å². The van der Waals surface area contributed by atoms with E-state index in [1.165, 1.54) is 70.8 Å². The van der Waals surface area contributed by atoms with Gasteiger partial charge >= 0.3 is 0 Å². The molecule has 0 unspecified atom stereocenters. The van der Waals surface area contributed by atoms with Gasteiger partial charge in [0, 0.05) is 101 Å². The van der Waals surface area contributed by atoms with E-state index in [9.17, 15) is 67.7 Å². The molecule has 12 atom stereocenters. The fourth-order valence-electron chi connectivity index (χ4n) is 16.3. The van der Waals surface area contributed by atoms with Gasteiger partial charge in [-0.15, -0.1) is 5.10 Å². The van der Waals surface area contributed by atoms with Gasteiger partial charge in [0.15, 0.2) is 11.7 Å². The van der Waals surface area contributed by atoms with Crippen LogP contribution in [0.3, 0.4) is 0 Å². The summed E-state index contributed by atoms with van der Waals surface area (Å²) in [7, 11) is 0. The number of hydrogen-bond donors (Lipinski definition) is 23. The number of amides is 15. The third-order valence-corrected chi connectivity index (χ3v) is 24.1. The van der Waals surface area contributed by atoms with Crippen LogP contribution in [0.1, 0.15) is 229 Å². The first-order valence-corrected chi connectivity index (χ1v) is 49.0. The topological polar surface area (TPSA) is 705 Å². The van der Waals surface area contributed by atoms with E-state index in [0.29, 0.717) is 30.4 Å². The quantitative estimate of drug-likeness (QED) is 0.0122. The molecule has 46 nitrogen and oxygen atoms in total. The maximum Gasteiger partial charge on any atom is 0.246 e. The van der Waals surface area contributed by atoms with Gasteiger partial charge in [-0.2, -0.15) is 0 Å².